The Morgan fingerprint density at radius 3 is 2.69 bits per heavy atom. The number of rotatable bonds is 4. The molecular formula is C12H18N2O2. The zero-order chi connectivity index (χ0) is 12.1. The van der Waals surface area contributed by atoms with Gasteiger partial charge in [-0.15, -0.1) is 0 Å². The monoisotopic (exact) mass is 222 g/mol. The maximum atomic E-state index is 11.9. The number of carbonyl (C=O) groups is 1. The van der Waals surface area contributed by atoms with Crippen molar-refractivity contribution in [1.29, 1.82) is 0 Å². The predicted octanol–water partition coefficient (Wildman–Crippen LogP) is 1.83. The van der Waals surface area contributed by atoms with E-state index in [0.29, 0.717) is 17.9 Å². The molecule has 88 valence electrons. The lowest BCUT2D eigenvalue weighted by molar-refractivity contribution is 0.0802. The van der Waals surface area contributed by atoms with Crippen molar-refractivity contribution >= 4 is 11.6 Å². The molecule has 1 amide bonds. The van der Waals surface area contributed by atoms with Gasteiger partial charge in [-0.25, -0.2) is 0 Å². The number of ether oxygens (including phenoxy) is 1. The first kappa shape index (κ1) is 12.4. The molecule has 1 N–H and O–H groups in total. The Labute approximate surface area is 96.2 Å². The van der Waals surface area contributed by atoms with Crippen LogP contribution in [0.15, 0.2) is 18.2 Å². The predicted molar refractivity (Wildman–Crippen MR) is 65.2 cm³/mol. The van der Waals surface area contributed by atoms with Crippen LogP contribution in [-0.4, -0.2) is 38.6 Å². The van der Waals surface area contributed by atoms with Gasteiger partial charge in [0, 0.05) is 26.2 Å². The molecule has 1 aromatic carbocycles. The third kappa shape index (κ3) is 2.45. The molecule has 0 radical (unpaired) electrons. The SMILES string of the molecule is CCN(C)C(=O)c1ccc(NC)c(OC)c1. The molecule has 0 aliphatic carbocycles. The van der Waals surface area contributed by atoms with Crippen LogP contribution in [0.25, 0.3) is 0 Å². The summed E-state index contributed by atoms with van der Waals surface area (Å²) in [6, 6.07) is 5.39. The van der Waals surface area contributed by atoms with Gasteiger partial charge in [0.05, 0.1) is 12.8 Å². The van der Waals surface area contributed by atoms with Crippen LogP contribution >= 0.6 is 0 Å². The van der Waals surface area contributed by atoms with E-state index in [1.807, 2.05) is 20.0 Å². The van der Waals surface area contributed by atoms with Crippen LogP contribution in [0.5, 0.6) is 5.75 Å². The smallest absolute Gasteiger partial charge is 0.253 e. The number of carbonyl (C=O) groups excluding carboxylic acids is 1. The molecule has 0 fully saturated rings. The van der Waals surface area contributed by atoms with Gasteiger partial charge >= 0.3 is 0 Å². The molecule has 0 saturated heterocycles. The molecule has 0 bridgehead atoms. The molecule has 0 spiro atoms. The minimum absolute atomic E-state index is 0.00320. The molecule has 0 heterocycles. The van der Waals surface area contributed by atoms with Crippen molar-refractivity contribution in [2.45, 2.75) is 6.92 Å². The molecule has 1 aromatic rings. The Morgan fingerprint density at radius 2 is 2.19 bits per heavy atom. The number of anilines is 1. The van der Waals surface area contributed by atoms with Gasteiger partial charge in [-0.1, -0.05) is 0 Å². The van der Waals surface area contributed by atoms with Gasteiger partial charge in [0.25, 0.3) is 5.91 Å². The zero-order valence-corrected chi connectivity index (χ0v) is 10.2. The molecule has 0 aromatic heterocycles. The largest absolute Gasteiger partial charge is 0.495 e. The summed E-state index contributed by atoms with van der Waals surface area (Å²) in [4.78, 5) is 13.6. The fraction of sp³-hybridized carbons (Fsp3) is 0.417. The Hall–Kier alpha value is -1.71. The average Bonchev–Trinajstić information content (AvgIpc) is 2.35. The molecule has 1 rings (SSSR count). The Balaban J connectivity index is 3.03. The quantitative estimate of drug-likeness (QED) is 0.845. The first-order valence-corrected chi connectivity index (χ1v) is 5.25. The summed E-state index contributed by atoms with van der Waals surface area (Å²) in [5.41, 5.74) is 1.51. The van der Waals surface area contributed by atoms with E-state index in [0.717, 1.165) is 5.69 Å². The molecule has 0 saturated carbocycles. The van der Waals surface area contributed by atoms with E-state index in [2.05, 4.69) is 5.32 Å². The van der Waals surface area contributed by atoms with Crippen molar-refractivity contribution in [3.63, 3.8) is 0 Å². The van der Waals surface area contributed by atoms with Crippen LogP contribution in [0.1, 0.15) is 17.3 Å². The Kier molecular flexibility index (Phi) is 4.17. The maximum absolute atomic E-state index is 11.9. The summed E-state index contributed by atoms with van der Waals surface area (Å²) in [6.45, 7) is 2.63. The lowest BCUT2D eigenvalue weighted by Gasteiger charge is -2.16. The van der Waals surface area contributed by atoms with E-state index >= 15 is 0 Å². The number of benzene rings is 1. The van der Waals surface area contributed by atoms with E-state index < -0.39 is 0 Å². The highest BCUT2D eigenvalue weighted by Gasteiger charge is 2.12. The Bertz CT molecular complexity index is 377. The van der Waals surface area contributed by atoms with Gasteiger partial charge in [0.2, 0.25) is 0 Å². The van der Waals surface area contributed by atoms with Gasteiger partial charge in [0.1, 0.15) is 5.75 Å². The van der Waals surface area contributed by atoms with Gasteiger partial charge in [-0.3, -0.25) is 4.79 Å². The average molecular weight is 222 g/mol. The summed E-state index contributed by atoms with van der Waals surface area (Å²) < 4.78 is 5.21. The Morgan fingerprint density at radius 1 is 1.50 bits per heavy atom. The number of hydrogen-bond acceptors (Lipinski definition) is 3. The van der Waals surface area contributed by atoms with Crippen LogP contribution in [0.2, 0.25) is 0 Å². The highest BCUT2D eigenvalue weighted by molar-refractivity contribution is 5.95. The van der Waals surface area contributed by atoms with Crippen LogP contribution in [0, 0.1) is 0 Å². The lowest BCUT2D eigenvalue weighted by atomic mass is 10.1. The highest BCUT2D eigenvalue weighted by atomic mass is 16.5. The van der Waals surface area contributed by atoms with Crippen molar-refractivity contribution in [3.8, 4) is 5.75 Å². The molecule has 0 aliphatic heterocycles. The number of hydrogen-bond donors (Lipinski definition) is 1. The van der Waals surface area contributed by atoms with Crippen molar-refractivity contribution in [3.05, 3.63) is 23.8 Å². The fourth-order valence-corrected chi connectivity index (χ4v) is 1.39. The normalized spacial score (nSPS) is 9.75. The number of methoxy groups -OCH3 is 1. The van der Waals surface area contributed by atoms with Crippen molar-refractivity contribution < 1.29 is 9.53 Å². The van der Waals surface area contributed by atoms with E-state index in [4.69, 9.17) is 4.74 Å². The van der Waals surface area contributed by atoms with Crippen LogP contribution in [0.3, 0.4) is 0 Å². The second-order valence-corrected chi connectivity index (χ2v) is 3.48. The summed E-state index contributed by atoms with van der Waals surface area (Å²) in [5.74, 6) is 0.682. The molecule has 16 heavy (non-hydrogen) atoms. The summed E-state index contributed by atoms with van der Waals surface area (Å²) >= 11 is 0. The minimum Gasteiger partial charge on any atom is -0.495 e. The molecule has 4 nitrogen and oxygen atoms in total. The number of amides is 1. The molecule has 0 aliphatic rings. The van der Waals surface area contributed by atoms with Gasteiger partial charge in [-0.2, -0.15) is 0 Å². The topological polar surface area (TPSA) is 41.6 Å². The number of nitrogens with zero attached hydrogens (tertiary/aromatic N) is 1. The summed E-state index contributed by atoms with van der Waals surface area (Å²) in [6.07, 6.45) is 0. The van der Waals surface area contributed by atoms with Crippen molar-refractivity contribution in [1.82, 2.24) is 4.90 Å². The summed E-state index contributed by atoms with van der Waals surface area (Å²) in [5, 5.41) is 3.01. The molecule has 4 heteroatoms. The molecule has 0 atom stereocenters. The lowest BCUT2D eigenvalue weighted by Crippen LogP contribution is -2.26. The van der Waals surface area contributed by atoms with E-state index in [9.17, 15) is 4.79 Å². The second kappa shape index (κ2) is 5.39. The van der Waals surface area contributed by atoms with E-state index in [1.165, 1.54) is 0 Å². The van der Waals surface area contributed by atoms with Crippen LogP contribution in [-0.2, 0) is 0 Å². The minimum atomic E-state index is 0.00320. The standard InChI is InChI=1S/C12H18N2O2/c1-5-14(3)12(15)9-6-7-10(13-2)11(8-9)16-4/h6-8,13H,5H2,1-4H3. The first-order valence-electron chi connectivity index (χ1n) is 5.25. The maximum Gasteiger partial charge on any atom is 0.253 e. The van der Waals surface area contributed by atoms with E-state index in [1.54, 1.807) is 31.2 Å². The third-order valence-corrected chi connectivity index (χ3v) is 2.54. The van der Waals surface area contributed by atoms with Gasteiger partial charge in [0.15, 0.2) is 0 Å². The van der Waals surface area contributed by atoms with Crippen LogP contribution in [0.4, 0.5) is 5.69 Å². The first-order chi connectivity index (χ1) is 7.63. The van der Waals surface area contributed by atoms with Crippen LogP contribution < -0.4 is 10.1 Å². The van der Waals surface area contributed by atoms with E-state index in [-0.39, 0.29) is 5.91 Å². The third-order valence-electron chi connectivity index (χ3n) is 2.54. The van der Waals surface area contributed by atoms with Crippen molar-refractivity contribution in [2.24, 2.45) is 0 Å². The highest BCUT2D eigenvalue weighted by Crippen LogP contribution is 2.25. The van der Waals surface area contributed by atoms with Gasteiger partial charge < -0.3 is 15.0 Å². The fourth-order valence-electron chi connectivity index (χ4n) is 1.39. The molecule has 0 unspecified atom stereocenters. The molecular weight excluding hydrogens is 204 g/mol. The second-order valence-electron chi connectivity index (χ2n) is 3.48. The summed E-state index contributed by atoms with van der Waals surface area (Å²) in [7, 11) is 5.19. The zero-order valence-electron chi connectivity index (χ0n) is 10.2. The number of nitrogens with one attached hydrogen (secondary N) is 1. The van der Waals surface area contributed by atoms with Crippen molar-refractivity contribution in [2.75, 3.05) is 33.1 Å². The van der Waals surface area contributed by atoms with Gasteiger partial charge in [-0.05, 0) is 25.1 Å².